The number of amides is 1. The summed E-state index contributed by atoms with van der Waals surface area (Å²) in [7, 11) is -0.924. The average molecular weight is 405 g/mol. The number of hydrogen-bond acceptors (Lipinski definition) is 5. The zero-order chi connectivity index (χ0) is 19.1. The van der Waals surface area contributed by atoms with Gasteiger partial charge < -0.3 is 10.1 Å². The van der Waals surface area contributed by atoms with E-state index in [1.165, 1.54) is 0 Å². The molecular formula is C20H24N2O3S2. The van der Waals surface area contributed by atoms with Crippen LogP contribution in [-0.4, -0.2) is 39.3 Å². The van der Waals surface area contributed by atoms with Crippen molar-refractivity contribution in [3.8, 4) is 0 Å². The molecule has 1 aromatic carbocycles. The monoisotopic (exact) mass is 404 g/mol. The van der Waals surface area contributed by atoms with Gasteiger partial charge in [-0.1, -0.05) is 19.1 Å². The number of ether oxygens (including phenoxy) is 1. The number of hydrogen-bond donors (Lipinski definition) is 1. The summed E-state index contributed by atoms with van der Waals surface area (Å²) >= 11 is 1.64. The third kappa shape index (κ3) is 5.89. The van der Waals surface area contributed by atoms with Crippen molar-refractivity contribution in [3.05, 3.63) is 53.7 Å². The number of carbonyl (C=O) groups is 1. The molecule has 0 spiro atoms. The van der Waals surface area contributed by atoms with E-state index in [9.17, 15) is 9.00 Å². The molecule has 1 fully saturated rings. The van der Waals surface area contributed by atoms with Gasteiger partial charge in [0, 0.05) is 46.9 Å². The van der Waals surface area contributed by atoms with Crippen molar-refractivity contribution in [2.24, 2.45) is 0 Å². The van der Waals surface area contributed by atoms with Gasteiger partial charge in [0.1, 0.15) is 0 Å². The molecule has 1 aromatic heterocycles. The third-order valence-electron chi connectivity index (χ3n) is 4.32. The van der Waals surface area contributed by atoms with Crippen LogP contribution in [0, 0.1) is 0 Å². The maximum atomic E-state index is 12.6. The fourth-order valence-electron chi connectivity index (χ4n) is 2.91. The van der Waals surface area contributed by atoms with Crippen LogP contribution in [0.5, 0.6) is 0 Å². The number of thioether (sulfide) groups is 1. The Morgan fingerprint density at radius 2 is 2.11 bits per heavy atom. The molecule has 0 saturated carbocycles. The number of pyridine rings is 1. The molecule has 2 aromatic rings. The summed E-state index contributed by atoms with van der Waals surface area (Å²) in [6.45, 7) is 3.45. The lowest BCUT2D eigenvalue weighted by Gasteiger charge is -2.21. The lowest BCUT2D eigenvalue weighted by molar-refractivity contribution is 0.0991. The number of aromatic nitrogens is 1. The van der Waals surface area contributed by atoms with Gasteiger partial charge in [0.15, 0.2) is 0 Å². The summed E-state index contributed by atoms with van der Waals surface area (Å²) < 4.78 is 17.9. The molecule has 1 aliphatic heterocycles. The highest BCUT2D eigenvalue weighted by molar-refractivity contribution is 7.99. The Morgan fingerprint density at radius 3 is 2.81 bits per heavy atom. The Kier molecular flexibility index (Phi) is 7.43. The van der Waals surface area contributed by atoms with Crippen molar-refractivity contribution in [1.29, 1.82) is 0 Å². The summed E-state index contributed by atoms with van der Waals surface area (Å²) in [4.78, 5) is 16.7. The van der Waals surface area contributed by atoms with E-state index in [1.54, 1.807) is 24.0 Å². The molecule has 1 N–H and O–H groups in total. The zero-order valence-corrected chi connectivity index (χ0v) is 17.0. The van der Waals surface area contributed by atoms with Crippen LogP contribution in [0.4, 0.5) is 5.69 Å². The topological polar surface area (TPSA) is 68.3 Å². The lowest BCUT2D eigenvalue weighted by Crippen LogP contribution is -2.25. The van der Waals surface area contributed by atoms with E-state index < -0.39 is 10.8 Å². The van der Waals surface area contributed by atoms with E-state index in [0.29, 0.717) is 30.2 Å². The average Bonchev–Trinajstić information content (AvgIpc) is 2.70. The highest BCUT2D eigenvalue weighted by Crippen LogP contribution is 2.20. The second kappa shape index (κ2) is 10.0. The number of anilines is 1. The van der Waals surface area contributed by atoms with Crippen LogP contribution in [-0.2, 0) is 21.3 Å². The second-order valence-corrected chi connectivity index (χ2v) is 9.31. The largest absolute Gasteiger partial charge is 0.381 e. The first-order valence-corrected chi connectivity index (χ1v) is 11.5. The Labute approximate surface area is 166 Å². The quantitative estimate of drug-likeness (QED) is 0.710. The van der Waals surface area contributed by atoms with Gasteiger partial charge in [-0.15, -0.1) is 11.8 Å². The molecule has 7 heteroatoms. The smallest absolute Gasteiger partial charge is 0.257 e. The van der Waals surface area contributed by atoms with E-state index in [1.807, 2.05) is 30.3 Å². The van der Waals surface area contributed by atoms with Gasteiger partial charge in [-0.2, -0.15) is 0 Å². The maximum Gasteiger partial charge on any atom is 0.257 e. The first-order chi connectivity index (χ1) is 13.2. The number of rotatable bonds is 7. The molecule has 1 unspecified atom stereocenters. The van der Waals surface area contributed by atoms with Gasteiger partial charge >= 0.3 is 0 Å². The number of nitrogens with one attached hydrogen (secondary N) is 1. The summed E-state index contributed by atoms with van der Waals surface area (Å²) in [5.74, 6) is 1.25. The van der Waals surface area contributed by atoms with Crippen LogP contribution in [0.25, 0.3) is 0 Å². The SMILES string of the molecule is CCSc1ccc(C(=O)Nc2cccc(CS(=O)C3CCOCC3)c2)cn1. The van der Waals surface area contributed by atoms with Gasteiger partial charge in [-0.25, -0.2) is 4.98 Å². The molecule has 5 nitrogen and oxygen atoms in total. The van der Waals surface area contributed by atoms with Crippen molar-refractivity contribution in [2.75, 3.05) is 24.3 Å². The molecule has 0 bridgehead atoms. The Morgan fingerprint density at radius 1 is 1.30 bits per heavy atom. The van der Waals surface area contributed by atoms with E-state index in [4.69, 9.17) is 4.74 Å². The molecule has 1 atom stereocenters. The standard InChI is InChI=1S/C20H24N2O3S2/c1-2-26-19-7-6-16(13-21-19)20(23)22-17-5-3-4-15(12-17)14-27(24)18-8-10-25-11-9-18/h3-7,12-13,18H,2,8-11,14H2,1H3,(H,22,23). The number of benzene rings is 1. The van der Waals surface area contributed by atoms with Gasteiger partial charge in [-0.05, 0) is 48.4 Å². The van der Waals surface area contributed by atoms with Crippen molar-refractivity contribution >= 4 is 34.2 Å². The molecule has 1 saturated heterocycles. The minimum atomic E-state index is -0.924. The molecule has 1 aliphatic rings. The second-order valence-electron chi connectivity index (χ2n) is 6.31. The third-order valence-corrected chi connectivity index (χ3v) is 6.98. The first kappa shape index (κ1) is 20.0. The molecule has 1 amide bonds. The Balaban J connectivity index is 1.61. The van der Waals surface area contributed by atoms with Crippen LogP contribution < -0.4 is 5.32 Å². The van der Waals surface area contributed by atoms with E-state index in [2.05, 4.69) is 17.2 Å². The summed E-state index contributed by atoms with van der Waals surface area (Å²) in [5.41, 5.74) is 2.19. The fraction of sp³-hybridized carbons (Fsp3) is 0.400. The molecule has 0 radical (unpaired) electrons. The summed E-state index contributed by atoms with van der Waals surface area (Å²) in [6.07, 6.45) is 3.29. The first-order valence-electron chi connectivity index (χ1n) is 9.10. The minimum Gasteiger partial charge on any atom is -0.381 e. The van der Waals surface area contributed by atoms with E-state index >= 15 is 0 Å². The van der Waals surface area contributed by atoms with E-state index in [0.717, 1.165) is 29.2 Å². The van der Waals surface area contributed by atoms with Gasteiger partial charge in [0.05, 0.1) is 10.6 Å². The van der Waals surface area contributed by atoms with Crippen molar-refractivity contribution in [1.82, 2.24) is 4.98 Å². The molecular weight excluding hydrogens is 380 g/mol. The van der Waals surface area contributed by atoms with Crippen LogP contribution >= 0.6 is 11.8 Å². The van der Waals surface area contributed by atoms with Gasteiger partial charge in [0.2, 0.25) is 0 Å². The number of nitrogens with zero attached hydrogens (tertiary/aromatic N) is 1. The van der Waals surface area contributed by atoms with Gasteiger partial charge in [0.25, 0.3) is 5.91 Å². The van der Waals surface area contributed by atoms with Crippen LogP contribution in [0.1, 0.15) is 35.7 Å². The molecule has 27 heavy (non-hydrogen) atoms. The number of carbonyl (C=O) groups excluding carboxylic acids is 1. The Bertz CT molecular complexity index is 790. The molecule has 144 valence electrons. The predicted molar refractivity (Wildman–Crippen MR) is 111 cm³/mol. The highest BCUT2D eigenvalue weighted by atomic mass is 32.2. The fourth-order valence-corrected chi connectivity index (χ4v) is 4.96. The zero-order valence-electron chi connectivity index (χ0n) is 15.3. The summed E-state index contributed by atoms with van der Waals surface area (Å²) in [6, 6.07) is 11.2. The molecule has 0 aliphatic carbocycles. The van der Waals surface area contributed by atoms with Crippen LogP contribution in [0.3, 0.4) is 0 Å². The minimum absolute atomic E-state index is 0.196. The van der Waals surface area contributed by atoms with Crippen LogP contribution in [0.2, 0.25) is 0 Å². The van der Waals surface area contributed by atoms with Crippen molar-refractivity contribution < 1.29 is 13.7 Å². The van der Waals surface area contributed by atoms with Crippen LogP contribution in [0.15, 0.2) is 47.6 Å². The molecule has 3 rings (SSSR count). The maximum absolute atomic E-state index is 12.6. The van der Waals surface area contributed by atoms with Crippen molar-refractivity contribution in [2.45, 2.75) is 35.8 Å². The molecule has 2 heterocycles. The van der Waals surface area contributed by atoms with Crippen molar-refractivity contribution in [3.63, 3.8) is 0 Å². The summed E-state index contributed by atoms with van der Waals surface area (Å²) in [5, 5.41) is 4.00. The highest BCUT2D eigenvalue weighted by Gasteiger charge is 2.20. The lowest BCUT2D eigenvalue weighted by atomic mass is 10.2. The normalized spacial score (nSPS) is 16.0. The van der Waals surface area contributed by atoms with E-state index in [-0.39, 0.29) is 11.2 Å². The van der Waals surface area contributed by atoms with Gasteiger partial charge in [-0.3, -0.25) is 9.00 Å². The predicted octanol–water partition coefficient (Wildman–Crippen LogP) is 3.87. The Hall–Kier alpha value is -1.70.